The standard InChI is InChI=1S/C7H14F3NOS/c1-5(4-13-2)11-3-6(12)7(8,9)10/h5-6,11-12H,3-4H2,1-2H3. The third-order valence-corrected chi connectivity index (χ3v) is 2.29. The molecular formula is C7H14F3NOS. The van der Waals surface area contributed by atoms with Gasteiger partial charge in [-0.3, -0.25) is 0 Å². The predicted octanol–water partition coefficient (Wildman–Crippen LogP) is 1.25. The predicted molar refractivity (Wildman–Crippen MR) is 47.9 cm³/mol. The molecule has 0 aromatic carbocycles. The highest BCUT2D eigenvalue weighted by Gasteiger charge is 2.37. The number of rotatable bonds is 5. The molecule has 0 bridgehead atoms. The summed E-state index contributed by atoms with van der Waals surface area (Å²) >= 11 is 1.54. The van der Waals surface area contributed by atoms with E-state index in [0.717, 1.165) is 5.75 Å². The maximum absolute atomic E-state index is 11.8. The molecule has 2 nitrogen and oxygen atoms in total. The van der Waals surface area contributed by atoms with E-state index in [1.54, 1.807) is 18.7 Å². The van der Waals surface area contributed by atoms with Crippen molar-refractivity contribution < 1.29 is 18.3 Å². The van der Waals surface area contributed by atoms with Gasteiger partial charge in [0.15, 0.2) is 6.10 Å². The molecule has 0 fully saturated rings. The Kier molecular flexibility index (Phi) is 5.75. The van der Waals surface area contributed by atoms with Gasteiger partial charge in [-0.1, -0.05) is 0 Å². The molecule has 0 rings (SSSR count). The second-order valence-corrected chi connectivity index (χ2v) is 3.73. The fourth-order valence-electron chi connectivity index (χ4n) is 0.737. The Morgan fingerprint density at radius 3 is 2.38 bits per heavy atom. The maximum Gasteiger partial charge on any atom is 0.415 e. The second-order valence-electron chi connectivity index (χ2n) is 2.82. The molecule has 80 valence electrons. The molecule has 2 unspecified atom stereocenters. The minimum Gasteiger partial charge on any atom is -0.382 e. The van der Waals surface area contributed by atoms with Gasteiger partial charge in [0.1, 0.15) is 0 Å². The quantitative estimate of drug-likeness (QED) is 0.727. The lowest BCUT2D eigenvalue weighted by molar-refractivity contribution is -0.202. The van der Waals surface area contributed by atoms with E-state index in [1.165, 1.54) is 0 Å². The van der Waals surface area contributed by atoms with E-state index >= 15 is 0 Å². The SMILES string of the molecule is CSCC(C)NCC(O)C(F)(F)F. The van der Waals surface area contributed by atoms with Crippen molar-refractivity contribution in [2.45, 2.75) is 25.2 Å². The normalized spacial score (nSPS) is 17.1. The Morgan fingerprint density at radius 1 is 1.46 bits per heavy atom. The van der Waals surface area contributed by atoms with Crippen LogP contribution in [0.2, 0.25) is 0 Å². The number of alkyl halides is 3. The van der Waals surface area contributed by atoms with Gasteiger partial charge in [0, 0.05) is 18.3 Å². The van der Waals surface area contributed by atoms with Gasteiger partial charge in [0.2, 0.25) is 0 Å². The molecule has 0 spiro atoms. The molecular weight excluding hydrogens is 203 g/mol. The van der Waals surface area contributed by atoms with Crippen LogP contribution < -0.4 is 5.32 Å². The highest BCUT2D eigenvalue weighted by atomic mass is 32.2. The zero-order valence-electron chi connectivity index (χ0n) is 7.56. The van der Waals surface area contributed by atoms with E-state index < -0.39 is 18.8 Å². The highest BCUT2D eigenvalue weighted by molar-refractivity contribution is 7.98. The summed E-state index contributed by atoms with van der Waals surface area (Å²) in [4.78, 5) is 0. The topological polar surface area (TPSA) is 32.3 Å². The zero-order valence-corrected chi connectivity index (χ0v) is 8.37. The summed E-state index contributed by atoms with van der Waals surface area (Å²) in [7, 11) is 0. The third kappa shape index (κ3) is 6.17. The van der Waals surface area contributed by atoms with Crippen LogP contribution in [0.5, 0.6) is 0 Å². The van der Waals surface area contributed by atoms with Crippen LogP contribution in [0, 0.1) is 0 Å². The Hall–Kier alpha value is 0.0600. The van der Waals surface area contributed by atoms with Crippen molar-refractivity contribution >= 4 is 11.8 Å². The van der Waals surface area contributed by atoms with Crippen LogP contribution in [-0.4, -0.2) is 42.0 Å². The van der Waals surface area contributed by atoms with Crippen LogP contribution in [0.4, 0.5) is 13.2 Å². The maximum atomic E-state index is 11.8. The molecule has 0 heterocycles. The molecule has 0 aliphatic heterocycles. The van der Waals surface area contributed by atoms with Gasteiger partial charge in [0.05, 0.1) is 0 Å². The number of hydrogen-bond donors (Lipinski definition) is 2. The van der Waals surface area contributed by atoms with Crippen LogP contribution in [0.15, 0.2) is 0 Å². The third-order valence-electron chi connectivity index (χ3n) is 1.45. The molecule has 0 amide bonds. The highest BCUT2D eigenvalue weighted by Crippen LogP contribution is 2.19. The lowest BCUT2D eigenvalue weighted by atomic mass is 10.3. The van der Waals surface area contributed by atoms with Gasteiger partial charge in [0.25, 0.3) is 0 Å². The molecule has 0 saturated carbocycles. The van der Waals surface area contributed by atoms with Crippen molar-refractivity contribution in [3.63, 3.8) is 0 Å². The summed E-state index contributed by atoms with van der Waals surface area (Å²) in [5.41, 5.74) is 0. The Balaban J connectivity index is 3.63. The van der Waals surface area contributed by atoms with Gasteiger partial charge in [-0.15, -0.1) is 0 Å². The van der Waals surface area contributed by atoms with Crippen molar-refractivity contribution in [2.24, 2.45) is 0 Å². The van der Waals surface area contributed by atoms with Crippen LogP contribution >= 0.6 is 11.8 Å². The van der Waals surface area contributed by atoms with Gasteiger partial charge < -0.3 is 10.4 Å². The average molecular weight is 217 g/mol. The molecule has 0 saturated heterocycles. The average Bonchev–Trinajstić information content (AvgIpc) is 1.99. The first-order valence-electron chi connectivity index (χ1n) is 3.85. The summed E-state index contributed by atoms with van der Waals surface area (Å²) in [6, 6.07) is -0.0213. The van der Waals surface area contributed by atoms with E-state index in [0.29, 0.717) is 0 Å². The number of aliphatic hydroxyl groups excluding tert-OH is 1. The molecule has 0 aliphatic carbocycles. The number of aliphatic hydroxyl groups is 1. The van der Waals surface area contributed by atoms with Gasteiger partial charge in [-0.2, -0.15) is 24.9 Å². The molecule has 2 atom stereocenters. The monoisotopic (exact) mass is 217 g/mol. The van der Waals surface area contributed by atoms with Crippen molar-refractivity contribution in [1.29, 1.82) is 0 Å². The van der Waals surface area contributed by atoms with Crippen LogP contribution in [-0.2, 0) is 0 Å². The minimum atomic E-state index is -4.52. The molecule has 13 heavy (non-hydrogen) atoms. The van der Waals surface area contributed by atoms with Crippen molar-refractivity contribution in [3.05, 3.63) is 0 Å². The van der Waals surface area contributed by atoms with E-state index in [9.17, 15) is 13.2 Å². The smallest absolute Gasteiger partial charge is 0.382 e. The van der Waals surface area contributed by atoms with Crippen LogP contribution in [0.3, 0.4) is 0 Å². The van der Waals surface area contributed by atoms with Gasteiger partial charge in [-0.05, 0) is 13.2 Å². The summed E-state index contributed by atoms with van der Waals surface area (Å²) in [6.07, 6.45) is -4.92. The first-order valence-corrected chi connectivity index (χ1v) is 5.24. The van der Waals surface area contributed by atoms with Crippen LogP contribution in [0.25, 0.3) is 0 Å². The lowest BCUT2D eigenvalue weighted by Gasteiger charge is -2.18. The molecule has 0 radical (unpaired) electrons. The Bertz CT molecular complexity index is 142. The molecule has 2 N–H and O–H groups in total. The summed E-state index contributed by atoms with van der Waals surface area (Å²) < 4.78 is 35.4. The molecule has 0 aliphatic rings. The van der Waals surface area contributed by atoms with Crippen molar-refractivity contribution in [2.75, 3.05) is 18.6 Å². The Labute approximate surface area is 79.9 Å². The lowest BCUT2D eigenvalue weighted by Crippen LogP contribution is -2.42. The van der Waals surface area contributed by atoms with E-state index in [4.69, 9.17) is 5.11 Å². The molecule has 6 heteroatoms. The van der Waals surface area contributed by atoms with E-state index in [2.05, 4.69) is 5.32 Å². The van der Waals surface area contributed by atoms with Gasteiger partial charge >= 0.3 is 6.18 Å². The number of halogens is 3. The summed E-state index contributed by atoms with van der Waals surface area (Å²) in [5.74, 6) is 0.727. The minimum absolute atomic E-state index is 0.0213. The first-order chi connectivity index (χ1) is 5.88. The largest absolute Gasteiger partial charge is 0.415 e. The molecule has 0 aromatic rings. The summed E-state index contributed by atoms with van der Waals surface area (Å²) in [6.45, 7) is 1.34. The van der Waals surface area contributed by atoms with Crippen LogP contribution in [0.1, 0.15) is 6.92 Å². The fraction of sp³-hybridized carbons (Fsp3) is 1.00. The fourth-order valence-corrected chi connectivity index (χ4v) is 1.36. The van der Waals surface area contributed by atoms with Gasteiger partial charge in [-0.25, -0.2) is 0 Å². The number of thioether (sulfide) groups is 1. The first kappa shape index (κ1) is 13.1. The second kappa shape index (κ2) is 5.72. The number of nitrogens with one attached hydrogen (secondary N) is 1. The van der Waals surface area contributed by atoms with E-state index in [-0.39, 0.29) is 6.04 Å². The van der Waals surface area contributed by atoms with E-state index in [1.807, 2.05) is 6.26 Å². The molecule has 0 aromatic heterocycles. The zero-order chi connectivity index (χ0) is 10.5. The Morgan fingerprint density at radius 2 is 2.00 bits per heavy atom. The van der Waals surface area contributed by atoms with Crippen molar-refractivity contribution in [1.82, 2.24) is 5.32 Å². The van der Waals surface area contributed by atoms with Crippen molar-refractivity contribution in [3.8, 4) is 0 Å². The number of hydrogen-bond acceptors (Lipinski definition) is 3. The summed E-state index contributed by atoms with van der Waals surface area (Å²) in [5, 5.41) is 11.2.